The molecule has 2 amide bonds. The van der Waals surface area contributed by atoms with Gasteiger partial charge in [0.2, 0.25) is 10.0 Å². The minimum Gasteiger partial charge on any atom is -0.481 e. The normalized spacial score (nSPS) is 20.8. The number of hydrogen-bond acceptors (Lipinski definition) is 4. The maximum Gasteiger partial charge on any atom is 0.317 e. The molecule has 1 atom stereocenters. The topological polar surface area (TPSA) is 116 Å². The van der Waals surface area contributed by atoms with Crippen LogP contribution < -0.4 is 10.0 Å². The van der Waals surface area contributed by atoms with Gasteiger partial charge in [-0.05, 0) is 38.1 Å². The number of hydrogen-bond donors (Lipinski definition) is 3. The highest BCUT2D eigenvalue weighted by atomic mass is 32.2. The van der Waals surface area contributed by atoms with Gasteiger partial charge >= 0.3 is 12.0 Å². The first-order valence-electron chi connectivity index (χ1n) is 7.47. The molecule has 132 valence electrons. The molecule has 1 heterocycles. The molecule has 0 spiro atoms. The second-order valence-electron chi connectivity index (χ2n) is 6.05. The van der Waals surface area contributed by atoms with Crippen LogP contribution in [0.4, 0.5) is 4.79 Å². The molecule has 1 aliphatic rings. The Morgan fingerprint density at radius 1 is 1.38 bits per heavy atom. The Balaban J connectivity index is 1.98. The lowest BCUT2D eigenvalue weighted by Crippen LogP contribution is -2.40. The van der Waals surface area contributed by atoms with Crippen molar-refractivity contribution in [2.45, 2.75) is 24.8 Å². The highest BCUT2D eigenvalue weighted by Gasteiger charge is 2.42. The number of likely N-dealkylation sites (tertiary alicyclic amines) is 1. The summed E-state index contributed by atoms with van der Waals surface area (Å²) in [5, 5.41) is 11.9. The number of carboxylic acid groups (broad SMARTS) is 1. The van der Waals surface area contributed by atoms with E-state index in [-0.39, 0.29) is 24.0 Å². The predicted molar refractivity (Wildman–Crippen MR) is 86.9 cm³/mol. The molecule has 0 bridgehead atoms. The van der Waals surface area contributed by atoms with Gasteiger partial charge in [0.1, 0.15) is 0 Å². The van der Waals surface area contributed by atoms with Crippen molar-refractivity contribution in [1.29, 1.82) is 0 Å². The summed E-state index contributed by atoms with van der Waals surface area (Å²) in [5.41, 5.74) is -0.280. The van der Waals surface area contributed by atoms with Crippen molar-refractivity contribution in [2.75, 3.05) is 20.1 Å². The highest BCUT2D eigenvalue weighted by molar-refractivity contribution is 7.89. The maximum atomic E-state index is 12.2. The summed E-state index contributed by atoms with van der Waals surface area (Å²) in [5.74, 6) is -0.914. The molecule has 0 aromatic heterocycles. The van der Waals surface area contributed by atoms with Gasteiger partial charge in [0, 0.05) is 19.6 Å². The lowest BCUT2D eigenvalue weighted by atomic mass is 9.90. The van der Waals surface area contributed by atoms with E-state index in [0.717, 1.165) is 0 Å². The van der Waals surface area contributed by atoms with Gasteiger partial charge in [-0.25, -0.2) is 17.9 Å². The fraction of sp³-hybridized carbons (Fsp3) is 0.467. The number of benzene rings is 1. The smallest absolute Gasteiger partial charge is 0.317 e. The maximum absolute atomic E-state index is 12.2. The molecule has 0 saturated carbocycles. The van der Waals surface area contributed by atoms with E-state index in [2.05, 4.69) is 10.0 Å². The van der Waals surface area contributed by atoms with Crippen LogP contribution in [0.25, 0.3) is 0 Å². The first-order chi connectivity index (χ1) is 11.2. The molecule has 24 heavy (non-hydrogen) atoms. The summed E-state index contributed by atoms with van der Waals surface area (Å²) in [6, 6.07) is 5.90. The molecule has 1 unspecified atom stereocenters. The zero-order valence-corrected chi connectivity index (χ0v) is 14.4. The molecule has 9 heteroatoms. The Hall–Kier alpha value is -2.13. The van der Waals surface area contributed by atoms with Gasteiger partial charge in [0.15, 0.2) is 0 Å². The van der Waals surface area contributed by atoms with E-state index in [1.807, 2.05) is 0 Å². The quantitative estimate of drug-likeness (QED) is 0.715. The van der Waals surface area contributed by atoms with Gasteiger partial charge in [-0.2, -0.15) is 0 Å². The van der Waals surface area contributed by atoms with Crippen molar-refractivity contribution in [3.8, 4) is 0 Å². The number of nitrogens with zero attached hydrogens (tertiary/aromatic N) is 1. The number of urea groups is 1. The first-order valence-corrected chi connectivity index (χ1v) is 8.95. The summed E-state index contributed by atoms with van der Waals surface area (Å²) in [6.45, 7) is 2.31. The van der Waals surface area contributed by atoms with Gasteiger partial charge in [0.05, 0.1) is 10.3 Å². The lowest BCUT2D eigenvalue weighted by molar-refractivity contribution is -0.147. The van der Waals surface area contributed by atoms with E-state index in [4.69, 9.17) is 0 Å². The Labute approximate surface area is 140 Å². The zero-order chi connectivity index (χ0) is 18.0. The van der Waals surface area contributed by atoms with Gasteiger partial charge in [0.25, 0.3) is 0 Å². The molecule has 1 aromatic carbocycles. The monoisotopic (exact) mass is 355 g/mol. The third-order valence-corrected chi connectivity index (χ3v) is 5.61. The molecule has 1 aromatic rings. The molecule has 1 aliphatic heterocycles. The number of carbonyl (C=O) groups is 2. The third-order valence-electron chi connectivity index (χ3n) is 4.20. The Kier molecular flexibility index (Phi) is 5.14. The minimum absolute atomic E-state index is 0.122. The van der Waals surface area contributed by atoms with Crippen LogP contribution in [0.15, 0.2) is 29.2 Å². The summed E-state index contributed by atoms with van der Waals surface area (Å²) in [4.78, 5) is 25.0. The first kappa shape index (κ1) is 18.2. The second-order valence-corrected chi connectivity index (χ2v) is 7.94. The molecular formula is C15H21N3O5S. The number of carboxylic acids is 1. The Morgan fingerprint density at radius 3 is 2.67 bits per heavy atom. The molecule has 0 aliphatic carbocycles. The van der Waals surface area contributed by atoms with Crippen LogP contribution in [0.1, 0.15) is 18.9 Å². The van der Waals surface area contributed by atoms with Gasteiger partial charge in [-0.1, -0.05) is 12.1 Å². The van der Waals surface area contributed by atoms with Crippen LogP contribution in [0.2, 0.25) is 0 Å². The van der Waals surface area contributed by atoms with Crippen molar-refractivity contribution in [3.63, 3.8) is 0 Å². The molecule has 8 nitrogen and oxygen atoms in total. The predicted octanol–water partition coefficient (Wildman–Crippen LogP) is 0.601. The number of carbonyl (C=O) groups excluding carboxylic acids is 1. The van der Waals surface area contributed by atoms with Crippen LogP contribution in [0, 0.1) is 5.41 Å². The number of sulfonamides is 1. The second kappa shape index (κ2) is 6.78. The van der Waals surface area contributed by atoms with Crippen LogP contribution in [-0.2, 0) is 21.4 Å². The van der Waals surface area contributed by atoms with Crippen molar-refractivity contribution >= 4 is 22.0 Å². The van der Waals surface area contributed by atoms with E-state index in [1.165, 1.54) is 24.1 Å². The molecule has 0 radical (unpaired) electrons. The highest BCUT2D eigenvalue weighted by Crippen LogP contribution is 2.30. The fourth-order valence-corrected chi connectivity index (χ4v) is 3.34. The number of nitrogens with one attached hydrogen (secondary N) is 2. The molecule has 2 rings (SSSR count). The van der Waals surface area contributed by atoms with Gasteiger partial charge < -0.3 is 15.3 Å². The molecule has 1 fully saturated rings. The van der Waals surface area contributed by atoms with Crippen LogP contribution in [0.5, 0.6) is 0 Å². The van der Waals surface area contributed by atoms with Crippen LogP contribution in [-0.4, -0.2) is 50.6 Å². The summed E-state index contributed by atoms with van der Waals surface area (Å²) in [7, 11) is -2.21. The third kappa shape index (κ3) is 3.85. The summed E-state index contributed by atoms with van der Waals surface area (Å²) >= 11 is 0. The average Bonchev–Trinajstić information content (AvgIpc) is 2.97. The van der Waals surface area contributed by atoms with Gasteiger partial charge in [-0.3, -0.25) is 4.79 Å². The largest absolute Gasteiger partial charge is 0.481 e. The fourth-order valence-electron chi connectivity index (χ4n) is 2.54. The number of amides is 2. The van der Waals surface area contributed by atoms with Crippen LogP contribution >= 0.6 is 0 Å². The molecule has 1 saturated heterocycles. The summed E-state index contributed by atoms with van der Waals surface area (Å²) < 4.78 is 25.8. The van der Waals surface area contributed by atoms with E-state index in [0.29, 0.717) is 18.5 Å². The van der Waals surface area contributed by atoms with Crippen molar-refractivity contribution in [2.24, 2.45) is 5.41 Å². The standard InChI is InChI=1S/C15H21N3O5S/c1-15(13(19)20)6-7-18(10-15)14(21)17-9-11-4-3-5-12(8-11)24(22,23)16-2/h3-5,8,16H,6-7,9-10H2,1-2H3,(H,17,21)(H,19,20). The van der Waals surface area contributed by atoms with Gasteiger partial charge in [-0.15, -0.1) is 0 Å². The Bertz CT molecular complexity index is 749. The van der Waals surface area contributed by atoms with Crippen LogP contribution in [0.3, 0.4) is 0 Å². The molecular weight excluding hydrogens is 334 g/mol. The summed E-state index contributed by atoms with van der Waals surface area (Å²) in [6.07, 6.45) is 0.408. The Morgan fingerprint density at radius 2 is 2.08 bits per heavy atom. The number of aliphatic carboxylic acids is 1. The van der Waals surface area contributed by atoms with Crippen molar-refractivity contribution in [3.05, 3.63) is 29.8 Å². The molecule has 3 N–H and O–H groups in total. The van der Waals surface area contributed by atoms with E-state index in [9.17, 15) is 23.1 Å². The van der Waals surface area contributed by atoms with E-state index in [1.54, 1.807) is 19.1 Å². The SMILES string of the molecule is CNS(=O)(=O)c1cccc(CNC(=O)N2CCC(C)(C(=O)O)C2)c1. The van der Waals surface area contributed by atoms with Crippen molar-refractivity contribution in [1.82, 2.24) is 14.9 Å². The van der Waals surface area contributed by atoms with Crippen molar-refractivity contribution < 1.29 is 23.1 Å². The zero-order valence-electron chi connectivity index (χ0n) is 13.6. The average molecular weight is 355 g/mol. The van der Waals surface area contributed by atoms with E-state index >= 15 is 0 Å². The lowest BCUT2D eigenvalue weighted by Gasteiger charge is -2.20. The minimum atomic E-state index is -3.54. The van der Waals surface area contributed by atoms with E-state index < -0.39 is 21.4 Å². The number of rotatable bonds is 5.